The van der Waals surface area contributed by atoms with E-state index >= 15 is 0 Å². The summed E-state index contributed by atoms with van der Waals surface area (Å²) in [6.07, 6.45) is 2.24. The summed E-state index contributed by atoms with van der Waals surface area (Å²) in [7, 11) is 0. The monoisotopic (exact) mass is 181 g/mol. The summed E-state index contributed by atoms with van der Waals surface area (Å²) >= 11 is 0. The van der Waals surface area contributed by atoms with Crippen LogP contribution in [0.25, 0.3) is 0 Å². The van der Waals surface area contributed by atoms with Crippen LogP contribution < -0.4 is 5.73 Å². The number of nitrogens with one attached hydrogen (secondary N) is 1. The Balaban J connectivity index is 2.40. The quantitative estimate of drug-likeness (QED) is 0.610. The zero-order valence-corrected chi connectivity index (χ0v) is 7.80. The van der Waals surface area contributed by atoms with Crippen molar-refractivity contribution >= 4 is 0 Å². The standard InChI is InChI=1S/C9H15N3O/c1-6-8-7(12-11-6)2-3-9(8,13)4-5-10/h13H,2-5,10H2,1H3,(H,11,12). The van der Waals surface area contributed by atoms with E-state index in [4.69, 9.17) is 5.73 Å². The molecule has 1 aliphatic rings. The van der Waals surface area contributed by atoms with Crippen molar-refractivity contribution in [1.29, 1.82) is 0 Å². The summed E-state index contributed by atoms with van der Waals surface area (Å²) < 4.78 is 0. The van der Waals surface area contributed by atoms with E-state index in [-0.39, 0.29) is 0 Å². The third-order valence-corrected chi connectivity index (χ3v) is 2.82. The molecule has 0 aromatic carbocycles. The molecule has 1 aliphatic carbocycles. The van der Waals surface area contributed by atoms with E-state index in [0.717, 1.165) is 29.8 Å². The lowest BCUT2D eigenvalue weighted by atomic mass is 9.92. The second kappa shape index (κ2) is 2.82. The summed E-state index contributed by atoms with van der Waals surface area (Å²) in [5.41, 5.74) is 7.73. The molecule has 4 N–H and O–H groups in total. The Bertz CT molecular complexity index is 321. The number of nitrogens with zero attached hydrogens (tertiary/aromatic N) is 1. The Kier molecular flexibility index (Phi) is 1.89. The third-order valence-electron chi connectivity index (χ3n) is 2.82. The second-order valence-corrected chi connectivity index (χ2v) is 3.74. The molecule has 0 aliphatic heterocycles. The predicted molar refractivity (Wildman–Crippen MR) is 49.2 cm³/mol. The van der Waals surface area contributed by atoms with Crippen LogP contribution in [0.3, 0.4) is 0 Å². The first-order valence-electron chi connectivity index (χ1n) is 4.64. The maximum Gasteiger partial charge on any atom is 0.0947 e. The van der Waals surface area contributed by atoms with E-state index in [2.05, 4.69) is 10.2 Å². The molecule has 0 saturated heterocycles. The Morgan fingerprint density at radius 2 is 2.46 bits per heavy atom. The minimum absolute atomic E-state index is 0.514. The number of nitrogens with two attached hydrogens (primary N) is 1. The van der Waals surface area contributed by atoms with Crippen molar-refractivity contribution in [3.05, 3.63) is 17.0 Å². The van der Waals surface area contributed by atoms with E-state index < -0.39 is 5.60 Å². The van der Waals surface area contributed by atoms with Crippen LogP contribution in [0.5, 0.6) is 0 Å². The summed E-state index contributed by atoms with van der Waals surface area (Å²) in [5.74, 6) is 0. The molecule has 2 rings (SSSR count). The van der Waals surface area contributed by atoms with Crippen LogP contribution >= 0.6 is 0 Å². The van der Waals surface area contributed by atoms with Gasteiger partial charge >= 0.3 is 0 Å². The van der Waals surface area contributed by atoms with Gasteiger partial charge in [0.25, 0.3) is 0 Å². The number of fused-ring (bicyclic) bond motifs is 1. The van der Waals surface area contributed by atoms with Crippen molar-refractivity contribution < 1.29 is 5.11 Å². The van der Waals surface area contributed by atoms with Gasteiger partial charge in [0.2, 0.25) is 0 Å². The average molecular weight is 181 g/mol. The van der Waals surface area contributed by atoms with Gasteiger partial charge in [0.05, 0.1) is 11.3 Å². The molecule has 4 nitrogen and oxygen atoms in total. The molecule has 1 atom stereocenters. The van der Waals surface area contributed by atoms with Gasteiger partial charge in [-0.1, -0.05) is 0 Å². The van der Waals surface area contributed by atoms with Crippen LogP contribution in [-0.2, 0) is 12.0 Å². The number of hydrogen-bond donors (Lipinski definition) is 3. The molecule has 0 bridgehead atoms. The van der Waals surface area contributed by atoms with E-state index in [1.54, 1.807) is 0 Å². The lowest BCUT2D eigenvalue weighted by molar-refractivity contribution is 0.0313. The van der Waals surface area contributed by atoms with Crippen molar-refractivity contribution in [2.75, 3.05) is 6.54 Å². The minimum atomic E-state index is -0.721. The first-order chi connectivity index (χ1) is 6.17. The van der Waals surface area contributed by atoms with Gasteiger partial charge in [-0.3, -0.25) is 5.10 Å². The van der Waals surface area contributed by atoms with Crippen molar-refractivity contribution in [3.63, 3.8) is 0 Å². The summed E-state index contributed by atoms with van der Waals surface area (Å²) in [6, 6.07) is 0. The van der Waals surface area contributed by atoms with E-state index in [9.17, 15) is 5.11 Å². The van der Waals surface area contributed by atoms with Gasteiger partial charge in [0.15, 0.2) is 0 Å². The maximum absolute atomic E-state index is 10.3. The molecule has 72 valence electrons. The van der Waals surface area contributed by atoms with Crippen molar-refractivity contribution in [1.82, 2.24) is 10.2 Å². The van der Waals surface area contributed by atoms with Crippen molar-refractivity contribution in [2.45, 2.75) is 31.8 Å². The summed E-state index contributed by atoms with van der Waals surface area (Å²) in [6.45, 7) is 2.46. The topological polar surface area (TPSA) is 74.9 Å². The SMILES string of the molecule is Cc1[nH]nc2c1C(O)(CCN)CC2. The van der Waals surface area contributed by atoms with Gasteiger partial charge < -0.3 is 10.8 Å². The van der Waals surface area contributed by atoms with Crippen molar-refractivity contribution in [3.8, 4) is 0 Å². The van der Waals surface area contributed by atoms with Crippen LogP contribution in [0.2, 0.25) is 0 Å². The highest BCUT2D eigenvalue weighted by molar-refractivity contribution is 5.35. The van der Waals surface area contributed by atoms with Gasteiger partial charge in [-0.2, -0.15) is 5.10 Å². The molecule has 1 unspecified atom stereocenters. The fourth-order valence-corrected chi connectivity index (χ4v) is 2.22. The predicted octanol–water partition coefficient (Wildman–Crippen LogP) is 0.201. The molecule has 0 radical (unpaired) electrons. The van der Waals surface area contributed by atoms with Gasteiger partial charge in [-0.15, -0.1) is 0 Å². The number of rotatable bonds is 2. The molecular formula is C9H15N3O. The van der Waals surface area contributed by atoms with Crippen LogP contribution in [0.1, 0.15) is 29.8 Å². The first kappa shape index (κ1) is 8.72. The molecule has 0 amide bonds. The van der Waals surface area contributed by atoms with Gasteiger partial charge in [0.1, 0.15) is 0 Å². The van der Waals surface area contributed by atoms with Crippen LogP contribution in [0.4, 0.5) is 0 Å². The molecule has 4 heteroatoms. The largest absolute Gasteiger partial charge is 0.385 e. The fraction of sp³-hybridized carbons (Fsp3) is 0.667. The van der Waals surface area contributed by atoms with E-state index in [1.807, 2.05) is 6.92 Å². The zero-order valence-electron chi connectivity index (χ0n) is 7.80. The molecule has 1 aromatic rings. The lowest BCUT2D eigenvalue weighted by Gasteiger charge is -2.22. The second-order valence-electron chi connectivity index (χ2n) is 3.74. The summed E-state index contributed by atoms with van der Waals surface area (Å²) in [5, 5.41) is 17.3. The molecule has 0 fully saturated rings. The molecule has 1 heterocycles. The number of aliphatic hydroxyl groups is 1. The molecule has 1 aromatic heterocycles. The number of aromatic amines is 1. The number of hydrogen-bond acceptors (Lipinski definition) is 3. The normalized spacial score (nSPS) is 26.4. The van der Waals surface area contributed by atoms with E-state index in [0.29, 0.717) is 13.0 Å². The van der Waals surface area contributed by atoms with Crippen LogP contribution in [0.15, 0.2) is 0 Å². The highest BCUT2D eigenvalue weighted by atomic mass is 16.3. The maximum atomic E-state index is 10.3. The minimum Gasteiger partial charge on any atom is -0.385 e. The highest BCUT2D eigenvalue weighted by Crippen LogP contribution is 2.39. The first-order valence-corrected chi connectivity index (χ1v) is 4.64. The van der Waals surface area contributed by atoms with Crippen molar-refractivity contribution in [2.24, 2.45) is 5.73 Å². The number of aromatic nitrogens is 2. The summed E-state index contributed by atoms with van der Waals surface area (Å²) in [4.78, 5) is 0. The molecular weight excluding hydrogens is 166 g/mol. The van der Waals surface area contributed by atoms with Gasteiger partial charge in [-0.25, -0.2) is 0 Å². The Morgan fingerprint density at radius 3 is 3.15 bits per heavy atom. The molecule has 0 spiro atoms. The Hall–Kier alpha value is -0.870. The van der Waals surface area contributed by atoms with Gasteiger partial charge in [0, 0.05) is 11.3 Å². The Morgan fingerprint density at radius 1 is 1.69 bits per heavy atom. The number of H-pyrrole nitrogens is 1. The zero-order chi connectivity index (χ0) is 9.47. The Labute approximate surface area is 77.1 Å². The smallest absolute Gasteiger partial charge is 0.0947 e. The van der Waals surface area contributed by atoms with Crippen LogP contribution in [-0.4, -0.2) is 21.8 Å². The van der Waals surface area contributed by atoms with Crippen LogP contribution in [0, 0.1) is 6.92 Å². The fourth-order valence-electron chi connectivity index (χ4n) is 2.22. The molecule has 13 heavy (non-hydrogen) atoms. The molecule has 0 saturated carbocycles. The van der Waals surface area contributed by atoms with E-state index in [1.165, 1.54) is 0 Å². The van der Waals surface area contributed by atoms with Gasteiger partial charge in [-0.05, 0) is 32.7 Å². The highest BCUT2D eigenvalue weighted by Gasteiger charge is 2.39. The average Bonchev–Trinajstić information content (AvgIpc) is 2.58. The third kappa shape index (κ3) is 1.17. The number of aryl methyl sites for hydroxylation is 2. The lowest BCUT2D eigenvalue weighted by Crippen LogP contribution is -2.26.